The van der Waals surface area contributed by atoms with Gasteiger partial charge in [0.1, 0.15) is 11.5 Å². The van der Waals surface area contributed by atoms with Crippen molar-refractivity contribution in [2.75, 3.05) is 6.54 Å². The molecule has 0 saturated carbocycles. The maximum atomic E-state index is 11.9. The van der Waals surface area contributed by atoms with E-state index in [0.29, 0.717) is 6.54 Å². The topological polar surface area (TPSA) is 50.4 Å². The molecular weight excluding hydrogens is 276 g/mol. The molecular formula is C18H20N2O2. The van der Waals surface area contributed by atoms with Gasteiger partial charge in [-0.15, -0.1) is 0 Å². The fourth-order valence-corrected chi connectivity index (χ4v) is 2.52. The maximum absolute atomic E-state index is 11.9. The number of carbonyl (C=O) groups is 1. The number of hydrogen-bond donors (Lipinski definition) is 2. The predicted molar refractivity (Wildman–Crippen MR) is 85.8 cm³/mol. The molecule has 1 atom stereocenters. The Morgan fingerprint density at radius 2 is 1.82 bits per heavy atom. The second-order valence-electron chi connectivity index (χ2n) is 5.43. The number of hydrogen-bond acceptors (Lipinski definition) is 3. The summed E-state index contributed by atoms with van der Waals surface area (Å²) in [6.45, 7) is 1.48. The number of rotatable bonds is 5. The fraction of sp³-hybridized carbons (Fsp3) is 0.278. The third-order valence-corrected chi connectivity index (χ3v) is 3.75. The monoisotopic (exact) mass is 296 g/mol. The molecule has 2 aromatic carbocycles. The zero-order valence-corrected chi connectivity index (χ0v) is 12.4. The van der Waals surface area contributed by atoms with Crippen molar-refractivity contribution in [1.82, 2.24) is 10.6 Å². The van der Waals surface area contributed by atoms with Crippen LogP contribution in [0.2, 0.25) is 0 Å². The highest BCUT2D eigenvalue weighted by atomic mass is 16.5. The van der Waals surface area contributed by atoms with Crippen LogP contribution in [0.5, 0.6) is 11.5 Å². The number of amides is 1. The van der Waals surface area contributed by atoms with Gasteiger partial charge < -0.3 is 15.4 Å². The van der Waals surface area contributed by atoms with Crippen molar-refractivity contribution < 1.29 is 9.53 Å². The van der Waals surface area contributed by atoms with Crippen molar-refractivity contribution in [3.05, 3.63) is 60.2 Å². The van der Waals surface area contributed by atoms with Gasteiger partial charge in [0.15, 0.2) is 0 Å². The highest BCUT2D eigenvalue weighted by molar-refractivity contribution is 5.81. The van der Waals surface area contributed by atoms with Crippen LogP contribution in [-0.4, -0.2) is 18.5 Å². The molecule has 1 aliphatic rings. The van der Waals surface area contributed by atoms with Gasteiger partial charge in [0.2, 0.25) is 5.91 Å². The van der Waals surface area contributed by atoms with E-state index in [-0.39, 0.29) is 11.9 Å². The Morgan fingerprint density at radius 3 is 2.50 bits per heavy atom. The molecule has 3 rings (SSSR count). The molecule has 1 heterocycles. The van der Waals surface area contributed by atoms with Gasteiger partial charge in [0, 0.05) is 6.54 Å². The lowest BCUT2D eigenvalue weighted by Gasteiger charge is -2.11. The maximum Gasteiger partial charge on any atom is 0.237 e. The van der Waals surface area contributed by atoms with Gasteiger partial charge in [-0.2, -0.15) is 0 Å². The van der Waals surface area contributed by atoms with Gasteiger partial charge in [-0.05, 0) is 49.2 Å². The Morgan fingerprint density at radius 1 is 1.09 bits per heavy atom. The molecule has 0 aliphatic carbocycles. The molecule has 1 amide bonds. The third-order valence-electron chi connectivity index (χ3n) is 3.75. The number of para-hydroxylation sites is 1. The molecule has 4 nitrogen and oxygen atoms in total. The number of nitrogens with one attached hydrogen (secondary N) is 2. The second kappa shape index (κ2) is 7.09. The molecule has 1 aliphatic heterocycles. The van der Waals surface area contributed by atoms with Gasteiger partial charge in [-0.1, -0.05) is 30.3 Å². The van der Waals surface area contributed by atoms with Crippen LogP contribution in [0.25, 0.3) is 0 Å². The van der Waals surface area contributed by atoms with Gasteiger partial charge in [-0.25, -0.2) is 0 Å². The largest absolute Gasteiger partial charge is 0.457 e. The zero-order chi connectivity index (χ0) is 15.2. The summed E-state index contributed by atoms with van der Waals surface area (Å²) in [5.41, 5.74) is 1.06. The van der Waals surface area contributed by atoms with Crippen molar-refractivity contribution in [2.24, 2.45) is 0 Å². The van der Waals surface area contributed by atoms with Gasteiger partial charge in [-0.3, -0.25) is 4.79 Å². The quantitative estimate of drug-likeness (QED) is 0.892. The van der Waals surface area contributed by atoms with Crippen LogP contribution in [0, 0.1) is 0 Å². The van der Waals surface area contributed by atoms with E-state index in [9.17, 15) is 4.79 Å². The Balaban J connectivity index is 1.52. The summed E-state index contributed by atoms with van der Waals surface area (Å²) in [5, 5.41) is 6.16. The van der Waals surface area contributed by atoms with Crippen molar-refractivity contribution in [2.45, 2.75) is 25.4 Å². The van der Waals surface area contributed by atoms with Crippen molar-refractivity contribution in [3.8, 4) is 11.5 Å². The molecule has 2 N–H and O–H groups in total. The van der Waals surface area contributed by atoms with Crippen LogP contribution in [0.1, 0.15) is 18.4 Å². The molecule has 1 fully saturated rings. The second-order valence-corrected chi connectivity index (χ2v) is 5.43. The number of benzene rings is 2. The van der Waals surface area contributed by atoms with Gasteiger partial charge in [0.25, 0.3) is 0 Å². The molecule has 0 aromatic heterocycles. The van der Waals surface area contributed by atoms with Gasteiger partial charge in [0.05, 0.1) is 6.04 Å². The molecule has 1 saturated heterocycles. The smallest absolute Gasteiger partial charge is 0.237 e. The average molecular weight is 296 g/mol. The van der Waals surface area contributed by atoms with E-state index in [2.05, 4.69) is 10.6 Å². The van der Waals surface area contributed by atoms with E-state index in [1.54, 1.807) is 0 Å². The summed E-state index contributed by atoms with van der Waals surface area (Å²) < 4.78 is 5.74. The van der Waals surface area contributed by atoms with Crippen LogP contribution in [0.4, 0.5) is 0 Å². The molecule has 2 aromatic rings. The first-order valence-electron chi connectivity index (χ1n) is 7.64. The first kappa shape index (κ1) is 14.6. The minimum atomic E-state index is -0.0271. The van der Waals surface area contributed by atoms with Crippen LogP contribution >= 0.6 is 0 Å². The van der Waals surface area contributed by atoms with Crippen molar-refractivity contribution >= 4 is 5.91 Å². The van der Waals surface area contributed by atoms with Crippen molar-refractivity contribution in [3.63, 3.8) is 0 Å². The number of ether oxygens (including phenoxy) is 1. The molecule has 114 valence electrons. The Kier molecular flexibility index (Phi) is 4.71. The first-order chi connectivity index (χ1) is 10.8. The molecule has 0 radical (unpaired) electrons. The third kappa shape index (κ3) is 3.86. The predicted octanol–water partition coefficient (Wildman–Crippen LogP) is 2.85. The minimum Gasteiger partial charge on any atom is -0.457 e. The summed E-state index contributed by atoms with van der Waals surface area (Å²) in [5.74, 6) is 1.69. The Hall–Kier alpha value is -2.33. The lowest BCUT2D eigenvalue weighted by atomic mass is 10.2. The number of carbonyl (C=O) groups excluding carboxylic acids is 1. The lowest BCUT2D eigenvalue weighted by molar-refractivity contribution is -0.122. The van der Waals surface area contributed by atoms with Crippen LogP contribution in [-0.2, 0) is 11.3 Å². The molecule has 4 heteroatoms. The lowest BCUT2D eigenvalue weighted by Crippen LogP contribution is -2.39. The van der Waals surface area contributed by atoms with Crippen LogP contribution in [0.15, 0.2) is 54.6 Å². The van der Waals surface area contributed by atoms with Crippen LogP contribution < -0.4 is 15.4 Å². The normalized spacial score (nSPS) is 17.2. The SMILES string of the molecule is O=C(NCc1ccc(Oc2ccccc2)cc1)C1CCCN1. The highest BCUT2D eigenvalue weighted by Crippen LogP contribution is 2.21. The van der Waals surface area contributed by atoms with E-state index in [1.165, 1.54) is 0 Å². The van der Waals surface area contributed by atoms with Crippen molar-refractivity contribution in [1.29, 1.82) is 0 Å². The molecule has 1 unspecified atom stereocenters. The average Bonchev–Trinajstić information content (AvgIpc) is 3.09. The minimum absolute atomic E-state index is 0.0271. The molecule has 0 bridgehead atoms. The highest BCUT2D eigenvalue weighted by Gasteiger charge is 2.21. The zero-order valence-electron chi connectivity index (χ0n) is 12.4. The van der Waals surface area contributed by atoms with E-state index >= 15 is 0 Å². The summed E-state index contributed by atoms with van der Waals surface area (Å²) >= 11 is 0. The van der Waals surface area contributed by atoms with Gasteiger partial charge >= 0.3 is 0 Å². The summed E-state index contributed by atoms with van der Waals surface area (Å²) in [4.78, 5) is 11.9. The van der Waals surface area contributed by atoms with E-state index in [1.807, 2.05) is 54.6 Å². The summed E-state index contributed by atoms with van der Waals surface area (Å²) in [7, 11) is 0. The van der Waals surface area contributed by atoms with E-state index in [0.717, 1.165) is 36.4 Å². The first-order valence-corrected chi connectivity index (χ1v) is 7.64. The Bertz CT molecular complexity index is 605. The van der Waals surface area contributed by atoms with Crippen LogP contribution in [0.3, 0.4) is 0 Å². The van der Waals surface area contributed by atoms with E-state index < -0.39 is 0 Å². The Labute approximate surface area is 130 Å². The van der Waals surface area contributed by atoms with E-state index in [4.69, 9.17) is 4.74 Å². The molecule has 0 spiro atoms. The molecule has 22 heavy (non-hydrogen) atoms. The summed E-state index contributed by atoms with van der Waals surface area (Å²) in [6, 6.07) is 17.4. The fourth-order valence-electron chi connectivity index (χ4n) is 2.52. The standard InChI is InChI=1S/C18H20N2O2/c21-18(17-7-4-12-19-17)20-13-14-8-10-16(11-9-14)22-15-5-2-1-3-6-15/h1-3,5-6,8-11,17,19H,4,7,12-13H2,(H,20,21). The summed E-state index contributed by atoms with van der Waals surface area (Å²) in [6.07, 6.45) is 2.00.